The predicted octanol–water partition coefficient (Wildman–Crippen LogP) is 2.74. The number of hydrogen-bond acceptors (Lipinski definition) is 3. The van der Waals surface area contributed by atoms with Gasteiger partial charge in [-0.1, -0.05) is 12.1 Å². The van der Waals surface area contributed by atoms with Crippen LogP contribution in [-0.4, -0.2) is 30.2 Å². The molecular weight excluding hydrogens is 280 g/mol. The molecule has 21 heavy (non-hydrogen) atoms. The van der Waals surface area contributed by atoms with E-state index in [0.29, 0.717) is 18.4 Å². The molecular formula is C17H24N2OS. The SMILES string of the molecule is CSc1ccc(CN(C)C(=O)C2C3CCC(C3)C2N)cc1. The molecule has 0 saturated heterocycles. The van der Waals surface area contributed by atoms with Gasteiger partial charge in [-0.2, -0.15) is 0 Å². The number of benzene rings is 1. The summed E-state index contributed by atoms with van der Waals surface area (Å²) >= 11 is 1.73. The number of fused-ring (bicyclic) bond motifs is 2. The van der Waals surface area contributed by atoms with E-state index >= 15 is 0 Å². The third-order valence-corrected chi connectivity index (χ3v) is 5.96. The Kier molecular flexibility index (Phi) is 4.27. The number of carbonyl (C=O) groups is 1. The second-order valence-electron chi connectivity index (χ2n) is 6.48. The Balaban J connectivity index is 1.64. The molecule has 114 valence electrons. The summed E-state index contributed by atoms with van der Waals surface area (Å²) in [6.45, 7) is 0.675. The maximum atomic E-state index is 12.7. The van der Waals surface area contributed by atoms with E-state index in [2.05, 4.69) is 30.5 Å². The van der Waals surface area contributed by atoms with Crippen molar-refractivity contribution in [1.82, 2.24) is 4.90 Å². The Morgan fingerprint density at radius 1 is 1.29 bits per heavy atom. The lowest BCUT2D eigenvalue weighted by molar-refractivity contribution is -0.137. The van der Waals surface area contributed by atoms with Crippen LogP contribution in [-0.2, 0) is 11.3 Å². The maximum absolute atomic E-state index is 12.7. The summed E-state index contributed by atoms with van der Waals surface area (Å²) in [7, 11) is 1.91. The van der Waals surface area contributed by atoms with Crippen LogP contribution >= 0.6 is 11.8 Å². The molecule has 2 bridgehead atoms. The monoisotopic (exact) mass is 304 g/mol. The highest BCUT2D eigenvalue weighted by molar-refractivity contribution is 7.98. The average Bonchev–Trinajstić information content (AvgIpc) is 3.08. The number of carbonyl (C=O) groups excluding carboxylic acids is 1. The van der Waals surface area contributed by atoms with Crippen molar-refractivity contribution in [2.24, 2.45) is 23.5 Å². The summed E-state index contributed by atoms with van der Waals surface area (Å²) in [6, 6.07) is 8.52. The molecule has 1 aromatic carbocycles. The van der Waals surface area contributed by atoms with Gasteiger partial charge >= 0.3 is 0 Å². The van der Waals surface area contributed by atoms with Gasteiger partial charge in [-0.3, -0.25) is 4.79 Å². The highest BCUT2D eigenvalue weighted by Gasteiger charge is 2.49. The summed E-state index contributed by atoms with van der Waals surface area (Å²) in [6.07, 6.45) is 5.63. The number of nitrogens with zero attached hydrogens (tertiary/aromatic N) is 1. The molecule has 4 atom stereocenters. The Bertz CT molecular complexity index is 514. The highest BCUT2D eigenvalue weighted by atomic mass is 32.2. The number of thioether (sulfide) groups is 1. The Morgan fingerprint density at radius 2 is 1.95 bits per heavy atom. The zero-order valence-corrected chi connectivity index (χ0v) is 13.6. The van der Waals surface area contributed by atoms with E-state index in [1.807, 2.05) is 11.9 Å². The molecule has 1 amide bonds. The first-order valence-corrected chi connectivity index (χ1v) is 8.96. The Labute approximate surface area is 131 Å². The zero-order valence-electron chi connectivity index (χ0n) is 12.8. The molecule has 1 aromatic rings. The standard InChI is InChI=1S/C17H24N2OS/c1-19(10-11-3-7-14(21-2)8-4-11)17(20)15-12-5-6-13(9-12)16(15)18/h3-4,7-8,12-13,15-16H,5-6,9-10,18H2,1-2H3. The molecule has 3 nitrogen and oxygen atoms in total. The molecule has 2 aliphatic carbocycles. The van der Waals surface area contributed by atoms with Crippen molar-refractivity contribution in [3.8, 4) is 0 Å². The largest absolute Gasteiger partial charge is 0.341 e. The molecule has 4 unspecified atom stereocenters. The number of hydrogen-bond donors (Lipinski definition) is 1. The molecule has 0 radical (unpaired) electrons. The second kappa shape index (κ2) is 6.01. The zero-order chi connectivity index (χ0) is 15.0. The first-order chi connectivity index (χ1) is 10.1. The van der Waals surface area contributed by atoms with E-state index in [0.717, 1.165) is 6.42 Å². The van der Waals surface area contributed by atoms with Gasteiger partial charge in [0, 0.05) is 24.5 Å². The fourth-order valence-corrected chi connectivity index (χ4v) is 4.45. The first-order valence-electron chi connectivity index (χ1n) is 7.73. The van der Waals surface area contributed by atoms with Crippen LogP contribution in [0.5, 0.6) is 0 Å². The van der Waals surface area contributed by atoms with E-state index < -0.39 is 0 Å². The van der Waals surface area contributed by atoms with Gasteiger partial charge < -0.3 is 10.6 Å². The molecule has 2 N–H and O–H groups in total. The molecule has 4 heteroatoms. The smallest absolute Gasteiger partial charge is 0.227 e. The fraction of sp³-hybridized carbons (Fsp3) is 0.588. The van der Waals surface area contributed by atoms with Crippen LogP contribution in [0.2, 0.25) is 0 Å². The third-order valence-electron chi connectivity index (χ3n) is 5.22. The van der Waals surface area contributed by atoms with Crippen LogP contribution in [0.15, 0.2) is 29.2 Å². The average molecular weight is 304 g/mol. The highest BCUT2D eigenvalue weighted by Crippen LogP contribution is 2.48. The van der Waals surface area contributed by atoms with E-state index in [9.17, 15) is 4.79 Å². The van der Waals surface area contributed by atoms with Gasteiger partial charge in [-0.05, 0) is 55.1 Å². The quantitative estimate of drug-likeness (QED) is 0.870. The van der Waals surface area contributed by atoms with Crippen molar-refractivity contribution in [2.75, 3.05) is 13.3 Å². The predicted molar refractivity (Wildman–Crippen MR) is 87.0 cm³/mol. The minimum Gasteiger partial charge on any atom is -0.341 e. The lowest BCUT2D eigenvalue weighted by Crippen LogP contribution is -2.45. The molecule has 2 aliphatic rings. The maximum Gasteiger partial charge on any atom is 0.227 e. The molecule has 0 heterocycles. The minimum atomic E-state index is 0.0548. The minimum absolute atomic E-state index is 0.0548. The van der Waals surface area contributed by atoms with Gasteiger partial charge in [0.25, 0.3) is 0 Å². The van der Waals surface area contributed by atoms with Crippen LogP contribution in [0.4, 0.5) is 0 Å². The van der Waals surface area contributed by atoms with Crippen LogP contribution in [0, 0.1) is 17.8 Å². The van der Waals surface area contributed by atoms with Crippen LogP contribution in [0.25, 0.3) is 0 Å². The van der Waals surface area contributed by atoms with Gasteiger partial charge in [0.05, 0.1) is 5.92 Å². The van der Waals surface area contributed by atoms with E-state index in [4.69, 9.17) is 5.73 Å². The van der Waals surface area contributed by atoms with Gasteiger partial charge in [0.2, 0.25) is 5.91 Å². The molecule has 2 saturated carbocycles. The van der Waals surface area contributed by atoms with Crippen molar-refractivity contribution in [1.29, 1.82) is 0 Å². The van der Waals surface area contributed by atoms with Crippen molar-refractivity contribution >= 4 is 17.7 Å². The lowest BCUT2D eigenvalue weighted by Gasteiger charge is -2.30. The van der Waals surface area contributed by atoms with Crippen molar-refractivity contribution in [3.63, 3.8) is 0 Å². The fourth-order valence-electron chi connectivity index (χ4n) is 4.04. The van der Waals surface area contributed by atoms with Gasteiger partial charge in [-0.25, -0.2) is 0 Å². The number of amides is 1. The normalized spacial score (nSPS) is 30.6. The second-order valence-corrected chi connectivity index (χ2v) is 7.36. The lowest BCUT2D eigenvalue weighted by atomic mass is 9.84. The van der Waals surface area contributed by atoms with Crippen LogP contribution in [0.3, 0.4) is 0 Å². The van der Waals surface area contributed by atoms with Crippen molar-refractivity contribution < 1.29 is 4.79 Å². The summed E-state index contributed by atoms with van der Waals surface area (Å²) in [5.74, 6) is 1.40. The van der Waals surface area contributed by atoms with Gasteiger partial charge in [0.1, 0.15) is 0 Å². The summed E-state index contributed by atoms with van der Waals surface area (Å²) in [4.78, 5) is 15.8. The Hall–Kier alpha value is -1.00. The van der Waals surface area contributed by atoms with Crippen LogP contribution in [0.1, 0.15) is 24.8 Å². The van der Waals surface area contributed by atoms with Crippen molar-refractivity contribution in [3.05, 3.63) is 29.8 Å². The molecule has 2 fully saturated rings. The van der Waals surface area contributed by atoms with E-state index in [-0.39, 0.29) is 17.9 Å². The number of rotatable bonds is 4. The topological polar surface area (TPSA) is 46.3 Å². The Morgan fingerprint density at radius 3 is 2.52 bits per heavy atom. The molecule has 0 spiro atoms. The van der Waals surface area contributed by atoms with Crippen molar-refractivity contribution in [2.45, 2.75) is 36.7 Å². The van der Waals surface area contributed by atoms with Gasteiger partial charge in [-0.15, -0.1) is 11.8 Å². The first kappa shape index (κ1) is 14.9. The molecule has 3 rings (SSSR count). The van der Waals surface area contributed by atoms with E-state index in [1.54, 1.807) is 11.8 Å². The number of nitrogens with two attached hydrogens (primary N) is 1. The third kappa shape index (κ3) is 2.84. The summed E-state index contributed by atoms with van der Waals surface area (Å²) < 4.78 is 0. The van der Waals surface area contributed by atoms with Crippen LogP contribution < -0.4 is 5.73 Å². The van der Waals surface area contributed by atoms with E-state index in [1.165, 1.54) is 23.3 Å². The van der Waals surface area contributed by atoms with Gasteiger partial charge in [0.15, 0.2) is 0 Å². The summed E-state index contributed by atoms with van der Waals surface area (Å²) in [5.41, 5.74) is 7.46. The molecule has 0 aromatic heterocycles. The summed E-state index contributed by atoms with van der Waals surface area (Å²) in [5, 5.41) is 0. The molecule has 0 aliphatic heterocycles.